The first-order valence-corrected chi connectivity index (χ1v) is 10.4. The number of rotatable bonds is 7. The van der Waals surface area contributed by atoms with E-state index in [2.05, 4.69) is 51.8 Å². The average molecular weight is 403 g/mol. The first kappa shape index (κ1) is 19.2. The summed E-state index contributed by atoms with van der Waals surface area (Å²) in [6.07, 6.45) is 3.55. The van der Waals surface area contributed by atoms with Gasteiger partial charge < -0.3 is 4.74 Å². The maximum absolute atomic E-state index is 5.88. The molecule has 0 N–H and O–H groups in total. The summed E-state index contributed by atoms with van der Waals surface area (Å²) in [6, 6.07) is 20.3. The third-order valence-corrected chi connectivity index (χ3v) is 5.39. The lowest BCUT2D eigenvalue weighted by Gasteiger charge is -2.13. The molecule has 2 aromatic carbocycles. The van der Waals surface area contributed by atoms with E-state index in [1.54, 1.807) is 24.2 Å². The Morgan fingerprint density at radius 1 is 0.931 bits per heavy atom. The van der Waals surface area contributed by atoms with E-state index in [0.29, 0.717) is 6.61 Å². The van der Waals surface area contributed by atoms with Gasteiger partial charge in [0.05, 0.1) is 12.3 Å². The van der Waals surface area contributed by atoms with E-state index in [4.69, 9.17) is 4.74 Å². The first-order valence-electron chi connectivity index (χ1n) is 9.46. The van der Waals surface area contributed by atoms with Crippen molar-refractivity contribution in [3.63, 3.8) is 0 Å². The molecule has 0 unspecified atom stereocenters. The minimum atomic E-state index is 0.597. The molecule has 0 spiro atoms. The maximum Gasteiger partial charge on any atom is 0.196 e. The van der Waals surface area contributed by atoms with Crippen molar-refractivity contribution >= 4 is 11.8 Å². The van der Waals surface area contributed by atoms with Gasteiger partial charge in [0.1, 0.15) is 5.75 Å². The number of aromatic nitrogens is 4. The molecular formula is C23H22N4OS. The number of pyridine rings is 1. The molecule has 146 valence electrons. The number of ether oxygens (including phenoxy) is 1. The summed E-state index contributed by atoms with van der Waals surface area (Å²) in [5.74, 6) is 2.47. The highest BCUT2D eigenvalue weighted by Gasteiger charge is 2.17. The van der Waals surface area contributed by atoms with E-state index in [0.717, 1.165) is 33.7 Å². The average Bonchev–Trinajstić information content (AvgIpc) is 3.16. The Morgan fingerprint density at radius 2 is 1.76 bits per heavy atom. The first-order chi connectivity index (χ1) is 14.2. The van der Waals surface area contributed by atoms with Crippen molar-refractivity contribution < 1.29 is 4.74 Å². The standard InChI is InChI=1S/C23H22N4OS/c1-17-6-5-8-20(16-17)28-14-15-29-23-26-25-22(19-10-12-24-13-11-19)27(23)21-9-4-3-7-18(21)2/h3-13,16H,14-15H2,1-2H3. The van der Waals surface area contributed by atoms with Crippen molar-refractivity contribution in [2.24, 2.45) is 0 Å². The smallest absolute Gasteiger partial charge is 0.196 e. The minimum absolute atomic E-state index is 0.597. The van der Waals surface area contributed by atoms with Crippen LogP contribution < -0.4 is 4.74 Å². The van der Waals surface area contributed by atoms with Crippen LogP contribution in [0.15, 0.2) is 78.2 Å². The van der Waals surface area contributed by atoms with Crippen LogP contribution in [-0.4, -0.2) is 32.1 Å². The minimum Gasteiger partial charge on any atom is -0.493 e. The number of nitrogens with zero attached hydrogens (tertiary/aromatic N) is 4. The molecule has 2 heterocycles. The predicted molar refractivity (Wildman–Crippen MR) is 117 cm³/mol. The van der Waals surface area contributed by atoms with Crippen molar-refractivity contribution in [1.82, 2.24) is 19.7 Å². The molecule has 0 aliphatic carbocycles. The number of para-hydroxylation sites is 1. The number of thioether (sulfide) groups is 1. The summed E-state index contributed by atoms with van der Waals surface area (Å²) in [5, 5.41) is 9.79. The Labute approximate surface area is 174 Å². The van der Waals surface area contributed by atoms with Crippen molar-refractivity contribution in [2.45, 2.75) is 19.0 Å². The van der Waals surface area contributed by atoms with Gasteiger partial charge in [-0.05, 0) is 55.3 Å². The van der Waals surface area contributed by atoms with Gasteiger partial charge in [0.15, 0.2) is 11.0 Å². The van der Waals surface area contributed by atoms with E-state index in [1.165, 1.54) is 11.1 Å². The Hall–Kier alpha value is -3.12. The lowest BCUT2D eigenvalue weighted by Crippen LogP contribution is -2.04. The van der Waals surface area contributed by atoms with Crippen molar-refractivity contribution in [3.8, 4) is 22.8 Å². The molecule has 0 aliphatic rings. The van der Waals surface area contributed by atoms with Gasteiger partial charge in [-0.15, -0.1) is 10.2 Å². The quantitative estimate of drug-likeness (QED) is 0.317. The van der Waals surface area contributed by atoms with Gasteiger partial charge in [-0.1, -0.05) is 42.1 Å². The number of hydrogen-bond acceptors (Lipinski definition) is 5. The van der Waals surface area contributed by atoms with E-state index in [1.807, 2.05) is 42.5 Å². The molecule has 0 bridgehead atoms. The van der Waals surface area contributed by atoms with Crippen LogP contribution in [0.4, 0.5) is 0 Å². The molecule has 0 atom stereocenters. The van der Waals surface area contributed by atoms with Crippen molar-refractivity contribution in [3.05, 3.63) is 84.2 Å². The molecule has 0 aliphatic heterocycles. The highest BCUT2D eigenvalue weighted by Crippen LogP contribution is 2.29. The molecule has 29 heavy (non-hydrogen) atoms. The van der Waals surface area contributed by atoms with Crippen molar-refractivity contribution in [1.29, 1.82) is 0 Å². The summed E-state index contributed by atoms with van der Waals surface area (Å²) in [4.78, 5) is 4.11. The molecule has 0 saturated carbocycles. The summed E-state index contributed by atoms with van der Waals surface area (Å²) >= 11 is 1.64. The summed E-state index contributed by atoms with van der Waals surface area (Å²) in [7, 11) is 0. The fraction of sp³-hybridized carbons (Fsp3) is 0.174. The molecule has 0 amide bonds. The Kier molecular flexibility index (Phi) is 5.91. The predicted octanol–water partition coefficient (Wildman–Crippen LogP) is 5.12. The van der Waals surface area contributed by atoms with Crippen LogP contribution in [0.3, 0.4) is 0 Å². The van der Waals surface area contributed by atoms with E-state index < -0.39 is 0 Å². The van der Waals surface area contributed by atoms with Crippen LogP contribution in [0.1, 0.15) is 11.1 Å². The van der Waals surface area contributed by atoms with Crippen molar-refractivity contribution in [2.75, 3.05) is 12.4 Å². The molecule has 5 nitrogen and oxygen atoms in total. The van der Waals surface area contributed by atoms with Crippen LogP contribution in [0.5, 0.6) is 5.75 Å². The summed E-state index contributed by atoms with van der Waals surface area (Å²) < 4.78 is 8.00. The van der Waals surface area contributed by atoms with Crippen LogP contribution in [0.2, 0.25) is 0 Å². The maximum atomic E-state index is 5.88. The third-order valence-electron chi connectivity index (χ3n) is 4.50. The summed E-state index contributed by atoms with van der Waals surface area (Å²) in [6.45, 7) is 4.76. The number of aryl methyl sites for hydroxylation is 2. The van der Waals surface area contributed by atoms with Gasteiger partial charge in [0.25, 0.3) is 0 Å². The molecule has 6 heteroatoms. The van der Waals surface area contributed by atoms with Crippen LogP contribution in [0, 0.1) is 13.8 Å². The van der Waals surface area contributed by atoms with E-state index >= 15 is 0 Å². The highest BCUT2D eigenvalue weighted by molar-refractivity contribution is 7.99. The van der Waals surface area contributed by atoms with Gasteiger partial charge in [0.2, 0.25) is 0 Å². The molecular weight excluding hydrogens is 380 g/mol. The molecule has 2 aromatic heterocycles. The second-order valence-corrected chi connectivity index (χ2v) is 7.74. The molecule has 0 fully saturated rings. The fourth-order valence-corrected chi connectivity index (χ4v) is 3.84. The zero-order valence-corrected chi connectivity index (χ0v) is 17.3. The van der Waals surface area contributed by atoms with Gasteiger partial charge >= 0.3 is 0 Å². The van der Waals surface area contributed by atoms with E-state index in [-0.39, 0.29) is 0 Å². The van der Waals surface area contributed by atoms with Crippen LogP contribution in [-0.2, 0) is 0 Å². The van der Waals surface area contributed by atoms with Gasteiger partial charge in [0, 0.05) is 23.7 Å². The lowest BCUT2D eigenvalue weighted by molar-refractivity contribution is 0.343. The normalized spacial score (nSPS) is 10.8. The fourth-order valence-electron chi connectivity index (χ4n) is 3.08. The zero-order valence-electron chi connectivity index (χ0n) is 16.4. The van der Waals surface area contributed by atoms with Crippen LogP contribution in [0.25, 0.3) is 17.1 Å². The van der Waals surface area contributed by atoms with Gasteiger partial charge in [-0.3, -0.25) is 9.55 Å². The number of hydrogen-bond donors (Lipinski definition) is 0. The Morgan fingerprint density at radius 3 is 2.55 bits per heavy atom. The van der Waals surface area contributed by atoms with Gasteiger partial charge in [-0.2, -0.15) is 0 Å². The van der Waals surface area contributed by atoms with Gasteiger partial charge in [-0.25, -0.2) is 0 Å². The molecule has 4 aromatic rings. The van der Waals surface area contributed by atoms with E-state index in [9.17, 15) is 0 Å². The molecule has 0 saturated heterocycles. The highest BCUT2D eigenvalue weighted by atomic mass is 32.2. The summed E-state index contributed by atoms with van der Waals surface area (Å²) in [5.41, 5.74) is 4.42. The number of benzene rings is 2. The SMILES string of the molecule is Cc1cccc(OCCSc2nnc(-c3ccncc3)n2-c2ccccc2C)c1. The lowest BCUT2D eigenvalue weighted by atomic mass is 10.2. The molecule has 0 radical (unpaired) electrons. The second-order valence-electron chi connectivity index (χ2n) is 6.68. The Balaban J connectivity index is 1.57. The topological polar surface area (TPSA) is 52.8 Å². The Bertz CT molecular complexity index is 1100. The largest absolute Gasteiger partial charge is 0.493 e. The van der Waals surface area contributed by atoms with Crippen LogP contribution >= 0.6 is 11.8 Å². The monoisotopic (exact) mass is 402 g/mol. The second kappa shape index (κ2) is 8.92. The molecule has 4 rings (SSSR count). The third kappa shape index (κ3) is 4.49. The zero-order chi connectivity index (χ0) is 20.1.